The molecule has 2 aromatic heterocycles. The Morgan fingerprint density at radius 1 is 1.24 bits per heavy atom. The molecule has 5 heteroatoms. The molecule has 1 saturated heterocycles. The predicted octanol–water partition coefficient (Wildman–Crippen LogP) is 2.40. The molecule has 0 bridgehead atoms. The molecule has 2 aromatic rings. The second kappa shape index (κ2) is 6.02. The molecule has 1 aliphatic heterocycles. The predicted molar refractivity (Wildman–Crippen MR) is 82.7 cm³/mol. The van der Waals surface area contributed by atoms with Gasteiger partial charge in [0.1, 0.15) is 11.6 Å². The molecule has 3 heterocycles. The Kier molecular flexibility index (Phi) is 4.10. The number of ether oxygens (including phenoxy) is 1. The van der Waals surface area contributed by atoms with E-state index in [1.807, 2.05) is 18.3 Å². The van der Waals surface area contributed by atoms with Crippen molar-refractivity contribution >= 4 is 5.65 Å². The lowest BCUT2D eigenvalue weighted by Crippen LogP contribution is -2.39. The van der Waals surface area contributed by atoms with Crippen LogP contribution in [-0.4, -0.2) is 45.7 Å². The molecule has 0 radical (unpaired) electrons. The van der Waals surface area contributed by atoms with E-state index in [1.54, 1.807) is 7.11 Å². The maximum Gasteiger partial charge on any atom is 0.161 e. The number of methoxy groups -OCH3 is 1. The first-order valence-electron chi connectivity index (χ1n) is 7.79. The lowest BCUT2D eigenvalue weighted by Gasteiger charge is -2.34. The molecule has 0 N–H and O–H groups in total. The van der Waals surface area contributed by atoms with E-state index in [-0.39, 0.29) is 0 Å². The first-order chi connectivity index (χ1) is 10.2. The summed E-state index contributed by atoms with van der Waals surface area (Å²) < 4.78 is 7.36. The average molecular weight is 288 g/mol. The van der Waals surface area contributed by atoms with Gasteiger partial charge in [-0.3, -0.25) is 4.40 Å². The van der Waals surface area contributed by atoms with Crippen LogP contribution in [0.15, 0.2) is 18.3 Å². The van der Waals surface area contributed by atoms with Crippen LogP contribution in [0.2, 0.25) is 0 Å². The first kappa shape index (κ1) is 14.3. The van der Waals surface area contributed by atoms with Crippen LogP contribution in [0.3, 0.4) is 0 Å². The van der Waals surface area contributed by atoms with E-state index in [2.05, 4.69) is 33.3 Å². The Morgan fingerprint density at radius 2 is 2.00 bits per heavy atom. The molecule has 0 spiro atoms. The van der Waals surface area contributed by atoms with Crippen molar-refractivity contribution in [2.45, 2.75) is 39.2 Å². The van der Waals surface area contributed by atoms with Crippen LogP contribution < -0.4 is 4.74 Å². The number of piperidine rings is 1. The highest BCUT2D eigenvalue weighted by Gasteiger charge is 2.22. The summed E-state index contributed by atoms with van der Waals surface area (Å²) in [5.41, 5.74) is 0.894. The van der Waals surface area contributed by atoms with Crippen LogP contribution in [0.4, 0.5) is 0 Å². The summed E-state index contributed by atoms with van der Waals surface area (Å²) in [5.74, 6) is 2.60. The first-order valence-corrected chi connectivity index (χ1v) is 7.79. The largest absolute Gasteiger partial charge is 0.495 e. The Hall–Kier alpha value is -1.62. The molecule has 5 nitrogen and oxygen atoms in total. The maximum atomic E-state index is 5.29. The van der Waals surface area contributed by atoms with Gasteiger partial charge in [-0.05, 0) is 57.8 Å². The van der Waals surface area contributed by atoms with E-state index >= 15 is 0 Å². The Balaban J connectivity index is 1.71. The number of hydrogen-bond acceptors (Lipinski definition) is 4. The van der Waals surface area contributed by atoms with Crippen LogP contribution in [-0.2, 0) is 6.42 Å². The number of nitrogens with zero attached hydrogens (tertiary/aromatic N) is 4. The van der Waals surface area contributed by atoms with Crippen LogP contribution in [0, 0.1) is 5.92 Å². The second-order valence-corrected chi connectivity index (χ2v) is 6.19. The highest BCUT2D eigenvalue weighted by molar-refractivity contribution is 5.41. The molecule has 1 fully saturated rings. The SMILES string of the molecule is COc1ccc2nnc(CC3CCN(C(C)C)CC3)n2c1. The highest BCUT2D eigenvalue weighted by atomic mass is 16.5. The summed E-state index contributed by atoms with van der Waals surface area (Å²) in [6.45, 7) is 6.95. The minimum atomic E-state index is 0.657. The summed E-state index contributed by atoms with van der Waals surface area (Å²) in [4.78, 5) is 2.56. The van der Waals surface area contributed by atoms with E-state index in [1.165, 1.54) is 25.9 Å². The van der Waals surface area contributed by atoms with Crippen LogP contribution in [0.5, 0.6) is 5.75 Å². The van der Waals surface area contributed by atoms with Gasteiger partial charge in [0.2, 0.25) is 0 Å². The van der Waals surface area contributed by atoms with Crippen molar-refractivity contribution in [3.05, 3.63) is 24.2 Å². The van der Waals surface area contributed by atoms with Gasteiger partial charge >= 0.3 is 0 Å². The van der Waals surface area contributed by atoms with Gasteiger partial charge in [0, 0.05) is 12.5 Å². The number of likely N-dealkylation sites (tertiary alicyclic amines) is 1. The Labute approximate surface area is 125 Å². The fourth-order valence-electron chi connectivity index (χ4n) is 3.11. The third-order valence-electron chi connectivity index (χ3n) is 4.53. The van der Waals surface area contributed by atoms with Gasteiger partial charge in [-0.15, -0.1) is 10.2 Å². The summed E-state index contributed by atoms with van der Waals surface area (Å²) in [7, 11) is 1.69. The molecule has 0 saturated carbocycles. The minimum absolute atomic E-state index is 0.657. The van der Waals surface area contributed by atoms with E-state index < -0.39 is 0 Å². The molecule has 3 rings (SSSR count). The monoisotopic (exact) mass is 288 g/mol. The third kappa shape index (κ3) is 3.02. The summed E-state index contributed by atoms with van der Waals surface area (Å²) >= 11 is 0. The standard InChI is InChI=1S/C16H24N4O/c1-12(2)19-8-6-13(7-9-19)10-16-18-17-15-5-4-14(21-3)11-20(15)16/h4-5,11-13H,6-10H2,1-3H3. The lowest BCUT2D eigenvalue weighted by atomic mass is 9.92. The molecule has 0 aliphatic carbocycles. The van der Waals surface area contributed by atoms with Crippen LogP contribution >= 0.6 is 0 Å². The van der Waals surface area contributed by atoms with Gasteiger partial charge in [-0.25, -0.2) is 0 Å². The quantitative estimate of drug-likeness (QED) is 0.866. The van der Waals surface area contributed by atoms with Crippen molar-refractivity contribution in [2.75, 3.05) is 20.2 Å². The molecule has 0 amide bonds. The van der Waals surface area contributed by atoms with Gasteiger partial charge in [-0.1, -0.05) is 0 Å². The summed E-state index contributed by atoms with van der Waals surface area (Å²) in [6.07, 6.45) is 5.47. The number of hydrogen-bond donors (Lipinski definition) is 0. The second-order valence-electron chi connectivity index (χ2n) is 6.19. The van der Waals surface area contributed by atoms with Gasteiger partial charge in [0.25, 0.3) is 0 Å². The summed E-state index contributed by atoms with van der Waals surface area (Å²) in [5, 5.41) is 8.61. The zero-order chi connectivity index (χ0) is 14.8. The summed E-state index contributed by atoms with van der Waals surface area (Å²) in [6, 6.07) is 4.54. The number of rotatable bonds is 4. The van der Waals surface area contributed by atoms with Gasteiger partial charge < -0.3 is 9.64 Å². The van der Waals surface area contributed by atoms with Gasteiger partial charge in [0.05, 0.1) is 13.3 Å². The highest BCUT2D eigenvalue weighted by Crippen LogP contribution is 2.23. The molecular weight excluding hydrogens is 264 g/mol. The maximum absolute atomic E-state index is 5.29. The molecule has 1 aliphatic rings. The molecular formula is C16H24N4O. The smallest absolute Gasteiger partial charge is 0.161 e. The topological polar surface area (TPSA) is 42.7 Å². The number of aromatic nitrogens is 3. The average Bonchev–Trinajstić information content (AvgIpc) is 2.90. The molecule has 0 atom stereocenters. The molecule has 21 heavy (non-hydrogen) atoms. The van der Waals surface area contributed by atoms with Crippen LogP contribution in [0.1, 0.15) is 32.5 Å². The van der Waals surface area contributed by atoms with Crippen LogP contribution in [0.25, 0.3) is 5.65 Å². The van der Waals surface area contributed by atoms with Crippen molar-refractivity contribution in [1.82, 2.24) is 19.5 Å². The van der Waals surface area contributed by atoms with Crippen molar-refractivity contribution in [1.29, 1.82) is 0 Å². The molecule has 0 unspecified atom stereocenters. The fraction of sp³-hybridized carbons (Fsp3) is 0.625. The molecule has 114 valence electrons. The van der Waals surface area contributed by atoms with Crippen molar-refractivity contribution in [2.24, 2.45) is 5.92 Å². The third-order valence-corrected chi connectivity index (χ3v) is 4.53. The lowest BCUT2D eigenvalue weighted by molar-refractivity contribution is 0.148. The van der Waals surface area contributed by atoms with Crippen molar-refractivity contribution in [3.8, 4) is 5.75 Å². The fourth-order valence-corrected chi connectivity index (χ4v) is 3.11. The van der Waals surface area contributed by atoms with Crippen molar-refractivity contribution in [3.63, 3.8) is 0 Å². The zero-order valence-corrected chi connectivity index (χ0v) is 13.1. The van der Waals surface area contributed by atoms with E-state index in [4.69, 9.17) is 4.74 Å². The number of pyridine rings is 1. The van der Waals surface area contributed by atoms with E-state index in [0.29, 0.717) is 12.0 Å². The Bertz CT molecular complexity index is 599. The normalized spacial score (nSPS) is 17.7. The Morgan fingerprint density at radius 3 is 2.67 bits per heavy atom. The zero-order valence-electron chi connectivity index (χ0n) is 13.1. The minimum Gasteiger partial charge on any atom is -0.495 e. The van der Waals surface area contributed by atoms with E-state index in [9.17, 15) is 0 Å². The van der Waals surface area contributed by atoms with Gasteiger partial charge in [0.15, 0.2) is 5.65 Å². The van der Waals surface area contributed by atoms with Crippen molar-refractivity contribution < 1.29 is 4.74 Å². The molecule has 0 aromatic carbocycles. The van der Waals surface area contributed by atoms with E-state index in [0.717, 1.165) is 23.6 Å². The number of fused-ring (bicyclic) bond motifs is 1. The van der Waals surface area contributed by atoms with Gasteiger partial charge in [-0.2, -0.15) is 0 Å².